The van der Waals surface area contributed by atoms with E-state index >= 15 is 0 Å². The number of hydrogen-bond donors (Lipinski definition) is 2. The van der Waals surface area contributed by atoms with Gasteiger partial charge >= 0.3 is 0 Å². The van der Waals surface area contributed by atoms with E-state index in [1.165, 1.54) is 10.5 Å². The van der Waals surface area contributed by atoms with Gasteiger partial charge in [-0.2, -0.15) is 5.26 Å². The Morgan fingerprint density at radius 2 is 1.76 bits per heavy atom. The topological polar surface area (TPSA) is 66.6 Å². The number of ether oxygens (including phenoxy) is 1. The number of nitriles is 1. The van der Waals surface area contributed by atoms with Crippen molar-refractivity contribution in [2.24, 2.45) is 0 Å². The molecule has 25 heavy (non-hydrogen) atoms. The number of rotatable bonds is 5. The standard InChI is InChI=1S/C20H21N3O2/c21-13-16-5-7-17(8-6-16)20(24)22-14-18-3-1-2-4-19(18)15-23-9-11-25-12-10-23/h1-8H,9-12,14-15H2,(H,22,24)/p+1. The van der Waals surface area contributed by atoms with E-state index in [-0.39, 0.29) is 5.91 Å². The second kappa shape index (κ2) is 8.43. The molecular formula is C20H22N3O2+. The maximum atomic E-state index is 12.3. The van der Waals surface area contributed by atoms with E-state index in [9.17, 15) is 4.79 Å². The molecule has 1 saturated heterocycles. The van der Waals surface area contributed by atoms with Crippen molar-refractivity contribution in [3.63, 3.8) is 0 Å². The predicted octanol–water partition coefficient (Wildman–Crippen LogP) is 0.903. The van der Waals surface area contributed by atoms with Crippen LogP contribution in [0.1, 0.15) is 27.0 Å². The summed E-state index contributed by atoms with van der Waals surface area (Å²) in [6.45, 7) is 5.11. The second-order valence-electron chi connectivity index (χ2n) is 6.18. The van der Waals surface area contributed by atoms with Crippen molar-refractivity contribution < 1.29 is 14.4 Å². The molecule has 0 radical (unpaired) electrons. The molecule has 1 fully saturated rings. The van der Waals surface area contributed by atoms with Crippen LogP contribution in [-0.2, 0) is 17.8 Å². The molecule has 2 N–H and O–H groups in total. The highest BCUT2D eigenvalue weighted by molar-refractivity contribution is 5.94. The average molecular weight is 336 g/mol. The fourth-order valence-electron chi connectivity index (χ4n) is 2.98. The zero-order chi connectivity index (χ0) is 17.5. The molecule has 3 rings (SSSR count). The zero-order valence-corrected chi connectivity index (χ0v) is 14.1. The highest BCUT2D eigenvalue weighted by Crippen LogP contribution is 2.09. The van der Waals surface area contributed by atoms with E-state index < -0.39 is 0 Å². The lowest BCUT2D eigenvalue weighted by molar-refractivity contribution is -0.921. The first-order chi connectivity index (χ1) is 12.3. The lowest BCUT2D eigenvalue weighted by Gasteiger charge is -2.24. The summed E-state index contributed by atoms with van der Waals surface area (Å²) in [6.07, 6.45) is 0. The third-order valence-corrected chi connectivity index (χ3v) is 4.47. The van der Waals surface area contributed by atoms with Gasteiger partial charge in [0.1, 0.15) is 19.6 Å². The van der Waals surface area contributed by atoms with Crippen LogP contribution in [0.25, 0.3) is 0 Å². The first kappa shape index (κ1) is 17.2. The van der Waals surface area contributed by atoms with Gasteiger partial charge in [-0.05, 0) is 29.8 Å². The van der Waals surface area contributed by atoms with Crippen LogP contribution >= 0.6 is 0 Å². The van der Waals surface area contributed by atoms with Crippen molar-refractivity contribution in [3.8, 4) is 6.07 Å². The SMILES string of the molecule is N#Cc1ccc(C(=O)NCc2ccccc2C[NH+]2CCOCC2)cc1. The summed E-state index contributed by atoms with van der Waals surface area (Å²) < 4.78 is 5.41. The molecule has 0 unspecified atom stereocenters. The number of carbonyl (C=O) groups excluding carboxylic acids is 1. The van der Waals surface area contributed by atoms with Gasteiger partial charge in [0.2, 0.25) is 0 Å². The van der Waals surface area contributed by atoms with E-state index in [0.717, 1.165) is 38.4 Å². The molecule has 1 aliphatic heterocycles. The van der Waals surface area contributed by atoms with Crippen molar-refractivity contribution in [3.05, 3.63) is 70.8 Å². The number of nitrogens with one attached hydrogen (secondary N) is 2. The molecule has 2 aromatic carbocycles. The minimum Gasteiger partial charge on any atom is -0.370 e. The molecule has 1 aliphatic rings. The number of quaternary nitrogens is 1. The molecule has 0 aliphatic carbocycles. The van der Waals surface area contributed by atoms with Crippen LogP contribution in [0.2, 0.25) is 0 Å². The van der Waals surface area contributed by atoms with Crippen LogP contribution in [0.4, 0.5) is 0 Å². The largest absolute Gasteiger partial charge is 0.370 e. The smallest absolute Gasteiger partial charge is 0.251 e. The van der Waals surface area contributed by atoms with Crippen molar-refractivity contribution in [2.75, 3.05) is 26.3 Å². The quantitative estimate of drug-likeness (QED) is 0.853. The highest BCUT2D eigenvalue weighted by atomic mass is 16.5. The van der Waals surface area contributed by atoms with Crippen LogP contribution in [0.3, 0.4) is 0 Å². The van der Waals surface area contributed by atoms with Crippen molar-refractivity contribution in [2.45, 2.75) is 13.1 Å². The summed E-state index contributed by atoms with van der Waals surface area (Å²) in [4.78, 5) is 13.8. The fourth-order valence-corrected chi connectivity index (χ4v) is 2.98. The van der Waals surface area contributed by atoms with Crippen molar-refractivity contribution >= 4 is 5.91 Å². The molecule has 128 valence electrons. The summed E-state index contributed by atoms with van der Waals surface area (Å²) in [5.41, 5.74) is 3.52. The first-order valence-electron chi connectivity index (χ1n) is 8.53. The highest BCUT2D eigenvalue weighted by Gasteiger charge is 2.16. The van der Waals surface area contributed by atoms with Gasteiger partial charge in [-0.15, -0.1) is 0 Å². The van der Waals surface area contributed by atoms with Crippen LogP contribution in [0.15, 0.2) is 48.5 Å². The van der Waals surface area contributed by atoms with Gasteiger partial charge in [-0.3, -0.25) is 4.79 Å². The number of morpholine rings is 1. The van der Waals surface area contributed by atoms with E-state index in [1.807, 2.05) is 12.1 Å². The number of nitrogens with zero attached hydrogens (tertiary/aromatic N) is 1. The van der Waals surface area contributed by atoms with Gasteiger partial charge in [0.25, 0.3) is 5.91 Å². The van der Waals surface area contributed by atoms with Gasteiger partial charge in [0.15, 0.2) is 0 Å². The van der Waals surface area contributed by atoms with Gasteiger partial charge in [0.05, 0.1) is 24.8 Å². The Kier molecular flexibility index (Phi) is 5.78. The Labute approximate surface area is 147 Å². The van der Waals surface area contributed by atoms with Crippen LogP contribution in [-0.4, -0.2) is 32.2 Å². The van der Waals surface area contributed by atoms with Crippen LogP contribution in [0, 0.1) is 11.3 Å². The van der Waals surface area contributed by atoms with Gasteiger partial charge < -0.3 is 15.0 Å². The minimum absolute atomic E-state index is 0.127. The van der Waals surface area contributed by atoms with Crippen LogP contribution < -0.4 is 10.2 Å². The molecule has 0 atom stereocenters. The normalized spacial score (nSPS) is 14.7. The molecule has 0 saturated carbocycles. The summed E-state index contributed by atoms with van der Waals surface area (Å²) in [5, 5.41) is 11.8. The molecule has 2 aromatic rings. The average Bonchev–Trinajstić information content (AvgIpc) is 2.68. The summed E-state index contributed by atoms with van der Waals surface area (Å²) >= 11 is 0. The molecular weight excluding hydrogens is 314 g/mol. The summed E-state index contributed by atoms with van der Waals surface area (Å²) in [7, 11) is 0. The van der Waals surface area contributed by atoms with Crippen LogP contribution in [0.5, 0.6) is 0 Å². The van der Waals surface area contributed by atoms with E-state index in [4.69, 9.17) is 10.00 Å². The molecule has 0 bridgehead atoms. The predicted molar refractivity (Wildman–Crippen MR) is 94.0 cm³/mol. The second-order valence-corrected chi connectivity index (χ2v) is 6.18. The molecule has 1 heterocycles. The lowest BCUT2D eigenvalue weighted by Crippen LogP contribution is -3.12. The monoisotopic (exact) mass is 336 g/mol. The Balaban J connectivity index is 1.62. The number of hydrogen-bond acceptors (Lipinski definition) is 3. The van der Waals surface area contributed by atoms with Crippen molar-refractivity contribution in [1.82, 2.24) is 5.32 Å². The minimum atomic E-state index is -0.127. The third-order valence-electron chi connectivity index (χ3n) is 4.47. The molecule has 5 nitrogen and oxygen atoms in total. The summed E-state index contributed by atoms with van der Waals surface area (Å²) in [6, 6.07) is 17.0. The lowest BCUT2D eigenvalue weighted by atomic mass is 10.1. The van der Waals surface area contributed by atoms with Gasteiger partial charge in [0, 0.05) is 17.7 Å². The maximum Gasteiger partial charge on any atom is 0.251 e. The Morgan fingerprint density at radius 3 is 2.44 bits per heavy atom. The van der Waals surface area contributed by atoms with Gasteiger partial charge in [-0.25, -0.2) is 0 Å². The van der Waals surface area contributed by atoms with E-state index in [2.05, 4.69) is 23.5 Å². The Morgan fingerprint density at radius 1 is 1.08 bits per heavy atom. The third kappa shape index (κ3) is 4.66. The van der Waals surface area contributed by atoms with Gasteiger partial charge in [-0.1, -0.05) is 24.3 Å². The molecule has 5 heteroatoms. The maximum absolute atomic E-state index is 12.3. The van der Waals surface area contributed by atoms with E-state index in [0.29, 0.717) is 17.7 Å². The molecule has 1 amide bonds. The first-order valence-corrected chi connectivity index (χ1v) is 8.53. The Bertz CT molecular complexity index is 759. The Hall–Kier alpha value is -2.68. The fraction of sp³-hybridized carbons (Fsp3) is 0.300. The molecule has 0 spiro atoms. The van der Waals surface area contributed by atoms with Crippen molar-refractivity contribution in [1.29, 1.82) is 5.26 Å². The zero-order valence-electron chi connectivity index (χ0n) is 14.1. The summed E-state index contributed by atoms with van der Waals surface area (Å²) in [5.74, 6) is -0.127. The number of carbonyl (C=O) groups is 1. The molecule has 0 aromatic heterocycles. The number of amides is 1. The number of benzene rings is 2. The van der Waals surface area contributed by atoms with E-state index in [1.54, 1.807) is 24.3 Å².